The summed E-state index contributed by atoms with van der Waals surface area (Å²) in [7, 11) is 0. The van der Waals surface area contributed by atoms with Crippen LogP contribution in [0, 0.1) is 46.3 Å². The molecule has 3 N–H and O–H groups in total. The zero-order chi connectivity index (χ0) is 21.4. The molecule has 4 saturated carbocycles. The van der Waals surface area contributed by atoms with Gasteiger partial charge in [-0.05, 0) is 130 Å². The summed E-state index contributed by atoms with van der Waals surface area (Å²) in [5.41, 5.74) is 6.77. The van der Waals surface area contributed by atoms with Crippen molar-refractivity contribution in [2.24, 2.45) is 52.1 Å². The Hall–Kier alpha value is -0.120. The molecule has 0 aromatic carbocycles. The molecule has 0 aromatic heterocycles. The molecule has 3 nitrogen and oxygen atoms in total. The van der Waals surface area contributed by atoms with Crippen molar-refractivity contribution in [2.45, 2.75) is 104 Å². The van der Waals surface area contributed by atoms with E-state index in [0.717, 1.165) is 61.5 Å². The van der Waals surface area contributed by atoms with Crippen LogP contribution >= 0.6 is 0 Å². The highest BCUT2D eigenvalue weighted by molar-refractivity contribution is 5.09. The summed E-state index contributed by atoms with van der Waals surface area (Å²) in [5.74, 6) is 5.40. The van der Waals surface area contributed by atoms with E-state index in [-0.39, 0.29) is 0 Å². The minimum atomic E-state index is 0.360. The number of aliphatic hydroxyl groups is 1. The molecule has 0 spiro atoms. The van der Waals surface area contributed by atoms with E-state index in [1.807, 2.05) is 0 Å². The first kappa shape index (κ1) is 23.1. The SMILES string of the molecule is C[C@H](CCCO)C1CCC2C3CCC4C[C@H](OCCCN)CC[C@]4(C)C3CC[C@@]21C. The normalized spacial score (nSPS) is 46.7. The van der Waals surface area contributed by atoms with Gasteiger partial charge in [0.2, 0.25) is 0 Å². The van der Waals surface area contributed by atoms with Crippen LogP contribution in [0.4, 0.5) is 0 Å². The molecule has 4 rings (SSSR count). The number of rotatable bonds is 8. The second-order valence-electron chi connectivity index (χ2n) is 12.1. The predicted octanol–water partition coefficient (Wildman–Crippen LogP) is 5.79. The number of fused-ring (bicyclic) bond motifs is 5. The van der Waals surface area contributed by atoms with Crippen molar-refractivity contribution < 1.29 is 9.84 Å². The Kier molecular flexibility index (Phi) is 7.22. The van der Waals surface area contributed by atoms with Crippen LogP contribution in [0.25, 0.3) is 0 Å². The van der Waals surface area contributed by atoms with Gasteiger partial charge in [-0.1, -0.05) is 20.8 Å². The Morgan fingerprint density at radius 1 is 0.967 bits per heavy atom. The van der Waals surface area contributed by atoms with Crippen molar-refractivity contribution >= 4 is 0 Å². The summed E-state index contributed by atoms with van der Waals surface area (Å²) in [5, 5.41) is 9.31. The molecule has 0 aromatic rings. The van der Waals surface area contributed by atoms with E-state index < -0.39 is 0 Å². The van der Waals surface area contributed by atoms with E-state index in [9.17, 15) is 5.11 Å². The third kappa shape index (κ3) is 4.01. The molecule has 5 unspecified atom stereocenters. The average molecular weight is 420 g/mol. The molecule has 0 heterocycles. The maximum absolute atomic E-state index is 9.31. The molecule has 4 fully saturated rings. The van der Waals surface area contributed by atoms with E-state index in [1.54, 1.807) is 0 Å². The third-order valence-electron chi connectivity index (χ3n) is 10.9. The van der Waals surface area contributed by atoms with Crippen molar-refractivity contribution in [3.63, 3.8) is 0 Å². The van der Waals surface area contributed by atoms with Crippen LogP contribution in [0.5, 0.6) is 0 Å². The fourth-order valence-corrected chi connectivity index (χ4v) is 9.29. The van der Waals surface area contributed by atoms with Crippen LogP contribution in [0.15, 0.2) is 0 Å². The number of ether oxygens (including phenoxy) is 1. The van der Waals surface area contributed by atoms with Gasteiger partial charge in [0.15, 0.2) is 0 Å². The first-order valence-electron chi connectivity index (χ1n) is 13.4. The first-order chi connectivity index (χ1) is 14.4. The average Bonchev–Trinajstić information content (AvgIpc) is 3.09. The van der Waals surface area contributed by atoms with Crippen molar-refractivity contribution in [1.82, 2.24) is 0 Å². The molecule has 0 amide bonds. The monoisotopic (exact) mass is 419 g/mol. The third-order valence-corrected chi connectivity index (χ3v) is 10.9. The molecule has 0 radical (unpaired) electrons. The van der Waals surface area contributed by atoms with E-state index in [0.29, 0.717) is 23.5 Å². The number of aliphatic hydroxyl groups excluding tert-OH is 1. The number of hydrogen-bond donors (Lipinski definition) is 2. The fraction of sp³-hybridized carbons (Fsp3) is 1.00. The van der Waals surface area contributed by atoms with E-state index in [1.165, 1.54) is 64.2 Å². The molecule has 4 aliphatic carbocycles. The van der Waals surface area contributed by atoms with Gasteiger partial charge in [0.05, 0.1) is 6.10 Å². The summed E-state index contributed by atoms with van der Waals surface area (Å²) < 4.78 is 6.21. The summed E-state index contributed by atoms with van der Waals surface area (Å²) in [4.78, 5) is 0. The number of hydrogen-bond acceptors (Lipinski definition) is 3. The Balaban J connectivity index is 1.43. The van der Waals surface area contributed by atoms with Gasteiger partial charge in [-0.3, -0.25) is 0 Å². The van der Waals surface area contributed by atoms with Crippen LogP contribution in [0.1, 0.15) is 97.8 Å². The van der Waals surface area contributed by atoms with Gasteiger partial charge in [0, 0.05) is 13.2 Å². The van der Waals surface area contributed by atoms with Gasteiger partial charge in [0.25, 0.3) is 0 Å². The highest BCUT2D eigenvalue weighted by Gasteiger charge is 2.60. The lowest BCUT2D eigenvalue weighted by Crippen LogP contribution is -2.54. The lowest BCUT2D eigenvalue weighted by atomic mass is 9.44. The van der Waals surface area contributed by atoms with E-state index >= 15 is 0 Å². The van der Waals surface area contributed by atoms with E-state index in [2.05, 4.69) is 20.8 Å². The first-order valence-corrected chi connectivity index (χ1v) is 13.4. The Morgan fingerprint density at radius 3 is 2.50 bits per heavy atom. The highest BCUT2D eigenvalue weighted by atomic mass is 16.5. The van der Waals surface area contributed by atoms with Crippen molar-refractivity contribution in [2.75, 3.05) is 19.8 Å². The van der Waals surface area contributed by atoms with Gasteiger partial charge in [-0.25, -0.2) is 0 Å². The molecule has 174 valence electrons. The van der Waals surface area contributed by atoms with Crippen LogP contribution in [-0.4, -0.2) is 31.0 Å². The van der Waals surface area contributed by atoms with E-state index in [4.69, 9.17) is 10.5 Å². The smallest absolute Gasteiger partial charge is 0.0578 e. The van der Waals surface area contributed by atoms with Gasteiger partial charge in [-0.2, -0.15) is 0 Å². The van der Waals surface area contributed by atoms with Gasteiger partial charge < -0.3 is 15.6 Å². The Bertz CT molecular complexity index is 567. The second-order valence-corrected chi connectivity index (χ2v) is 12.1. The van der Waals surface area contributed by atoms with Crippen molar-refractivity contribution in [1.29, 1.82) is 0 Å². The quantitative estimate of drug-likeness (QED) is 0.490. The van der Waals surface area contributed by atoms with Gasteiger partial charge >= 0.3 is 0 Å². The highest BCUT2D eigenvalue weighted by Crippen LogP contribution is 2.68. The van der Waals surface area contributed by atoms with Crippen LogP contribution in [0.3, 0.4) is 0 Å². The summed E-state index contributed by atoms with van der Waals surface area (Å²) in [6.07, 6.45) is 16.4. The molecule has 0 bridgehead atoms. The zero-order valence-electron chi connectivity index (χ0n) is 20.1. The van der Waals surface area contributed by atoms with Gasteiger partial charge in [-0.15, -0.1) is 0 Å². The molecule has 0 aliphatic heterocycles. The lowest BCUT2D eigenvalue weighted by Gasteiger charge is -2.61. The lowest BCUT2D eigenvalue weighted by molar-refractivity contribution is -0.136. The van der Waals surface area contributed by atoms with Crippen LogP contribution < -0.4 is 5.73 Å². The summed E-state index contributed by atoms with van der Waals surface area (Å²) in [6.45, 7) is 9.77. The summed E-state index contributed by atoms with van der Waals surface area (Å²) in [6, 6.07) is 0. The topological polar surface area (TPSA) is 55.5 Å². The number of nitrogens with two attached hydrogens (primary N) is 1. The van der Waals surface area contributed by atoms with Crippen molar-refractivity contribution in [3.8, 4) is 0 Å². The molecule has 9 atom stereocenters. The predicted molar refractivity (Wildman–Crippen MR) is 124 cm³/mol. The Labute approximate surface area is 185 Å². The minimum absolute atomic E-state index is 0.360. The molecular formula is C27H49NO2. The summed E-state index contributed by atoms with van der Waals surface area (Å²) >= 11 is 0. The second kappa shape index (κ2) is 9.40. The molecule has 3 heteroatoms. The minimum Gasteiger partial charge on any atom is -0.396 e. The van der Waals surface area contributed by atoms with Crippen LogP contribution in [0.2, 0.25) is 0 Å². The molecule has 30 heavy (non-hydrogen) atoms. The molecule has 0 saturated heterocycles. The van der Waals surface area contributed by atoms with Crippen molar-refractivity contribution in [3.05, 3.63) is 0 Å². The molecular weight excluding hydrogens is 370 g/mol. The standard InChI is InChI=1S/C27H49NO2/c1-19(6-4-16-29)23-9-10-24-22-8-7-20-18-21(30-17-5-15-28)11-13-26(20,2)25(22)12-14-27(23,24)3/h19-25,29H,4-18,28H2,1-3H3/t19-,20?,21-,22?,23?,24?,25?,26+,27-/m1/s1. The van der Waals surface area contributed by atoms with Gasteiger partial charge in [0.1, 0.15) is 0 Å². The zero-order valence-corrected chi connectivity index (χ0v) is 20.1. The molecule has 4 aliphatic rings. The van der Waals surface area contributed by atoms with Crippen LogP contribution in [-0.2, 0) is 4.74 Å². The maximum Gasteiger partial charge on any atom is 0.0578 e. The fourth-order valence-electron chi connectivity index (χ4n) is 9.29. The largest absolute Gasteiger partial charge is 0.396 e. The Morgan fingerprint density at radius 2 is 1.73 bits per heavy atom. The maximum atomic E-state index is 9.31.